The molecule has 0 spiro atoms. The average molecular weight is 253 g/mol. The maximum atomic E-state index is 8.92. The van der Waals surface area contributed by atoms with Crippen LogP contribution >= 0.6 is 0 Å². The molecule has 0 unspecified atom stereocenters. The van der Waals surface area contributed by atoms with Gasteiger partial charge in [-0.1, -0.05) is 6.07 Å². The Labute approximate surface area is 110 Å². The van der Waals surface area contributed by atoms with Crippen LogP contribution in [0.3, 0.4) is 0 Å². The Kier molecular flexibility index (Phi) is 3.30. The molecule has 2 aromatic rings. The molecule has 0 bridgehead atoms. The summed E-state index contributed by atoms with van der Waals surface area (Å²) in [6.07, 6.45) is 1.84. The number of benzene rings is 1. The summed E-state index contributed by atoms with van der Waals surface area (Å²) in [5.41, 5.74) is 12.1. The van der Waals surface area contributed by atoms with Crippen LogP contribution in [0.1, 0.15) is 5.56 Å². The lowest BCUT2D eigenvalue weighted by molar-refractivity contribution is -0.441. The lowest BCUT2D eigenvalue weighted by atomic mass is 10.2. The molecule has 1 aromatic carbocycles. The molecular formula is C13H13N6+. The minimum Gasteiger partial charge on any atom is -0.367 e. The molecule has 0 amide bonds. The molecule has 0 radical (unpaired) electrons. The summed E-state index contributed by atoms with van der Waals surface area (Å²) in [5.74, 6) is 0.608. The molecule has 94 valence electrons. The maximum absolute atomic E-state index is 8.92. The summed E-state index contributed by atoms with van der Waals surface area (Å²) in [6, 6.07) is 13.0. The summed E-state index contributed by atoms with van der Waals surface area (Å²) >= 11 is 0. The fraction of sp³-hybridized carbons (Fsp3) is 0. The summed E-state index contributed by atoms with van der Waals surface area (Å²) in [7, 11) is 0. The summed E-state index contributed by atoms with van der Waals surface area (Å²) in [6.45, 7) is 3.75. The topological polar surface area (TPSA) is 96.1 Å². The number of nitrogens with zero attached hydrogens (tertiary/aromatic N) is 4. The number of nitriles is 1. The van der Waals surface area contributed by atoms with Crippen LogP contribution in [-0.2, 0) is 0 Å². The van der Waals surface area contributed by atoms with Crippen molar-refractivity contribution in [3.63, 3.8) is 0 Å². The van der Waals surface area contributed by atoms with Crippen LogP contribution in [0.15, 0.2) is 47.7 Å². The zero-order chi connectivity index (χ0) is 13.8. The van der Waals surface area contributed by atoms with Gasteiger partial charge >= 0.3 is 5.82 Å². The first-order valence-electron chi connectivity index (χ1n) is 5.50. The third kappa shape index (κ3) is 2.61. The van der Waals surface area contributed by atoms with Gasteiger partial charge in [-0.3, -0.25) is 0 Å². The molecule has 19 heavy (non-hydrogen) atoms. The number of rotatable bonds is 3. The number of hydrogen-bond acceptors (Lipinski definition) is 2. The Morgan fingerprint density at radius 3 is 2.79 bits per heavy atom. The Morgan fingerprint density at radius 1 is 1.32 bits per heavy atom. The lowest BCUT2D eigenvalue weighted by Gasteiger charge is -2.02. The van der Waals surface area contributed by atoms with Gasteiger partial charge in [-0.2, -0.15) is 9.83 Å². The van der Waals surface area contributed by atoms with Gasteiger partial charge in [0, 0.05) is 12.1 Å². The highest BCUT2D eigenvalue weighted by atomic mass is 15.4. The van der Waals surface area contributed by atoms with Crippen molar-refractivity contribution >= 4 is 18.5 Å². The van der Waals surface area contributed by atoms with Crippen molar-refractivity contribution < 1.29 is 4.68 Å². The molecule has 0 atom stereocenters. The van der Waals surface area contributed by atoms with Crippen LogP contribution in [0.5, 0.6) is 0 Å². The van der Waals surface area contributed by atoms with E-state index >= 15 is 0 Å². The van der Waals surface area contributed by atoms with E-state index < -0.39 is 0 Å². The summed E-state index contributed by atoms with van der Waals surface area (Å²) < 4.78 is 3.16. The van der Waals surface area contributed by atoms with Gasteiger partial charge < -0.3 is 11.5 Å². The Bertz CT molecular complexity index is 685. The first-order valence-corrected chi connectivity index (χ1v) is 5.50. The van der Waals surface area contributed by atoms with Crippen LogP contribution in [0.25, 0.3) is 5.69 Å². The lowest BCUT2D eigenvalue weighted by Crippen LogP contribution is -2.24. The zero-order valence-electron chi connectivity index (χ0n) is 10.2. The van der Waals surface area contributed by atoms with E-state index in [-0.39, 0.29) is 5.96 Å². The molecule has 0 saturated heterocycles. The van der Waals surface area contributed by atoms with E-state index in [1.165, 1.54) is 4.68 Å². The molecule has 0 aliphatic carbocycles. The van der Waals surface area contributed by atoms with Crippen LogP contribution in [-0.4, -0.2) is 21.9 Å². The van der Waals surface area contributed by atoms with E-state index in [1.807, 2.05) is 35.0 Å². The van der Waals surface area contributed by atoms with Crippen LogP contribution in [0.2, 0.25) is 0 Å². The second-order valence-corrected chi connectivity index (χ2v) is 3.82. The Morgan fingerprint density at radius 2 is 2.11 bits per heavy atom. The summed E-state index contributed by atoms with van der Waals surface area (Å²) in [5, 5.41) is 12.8. The van der Waals surface area contributed by atoms with Gasteiger partial charge in [0.1, 0.15) is 5.69 Å². The monoisotopic (exact) mass is 253 g/mol. The van der Waals surface area contributed by atoms with Crippen molar-refractivity contribution in [2.45, 2.75) is 0 Å². The van der Waals surface area contributed by atoms with E-state index in [0.29, 0.717) is 11.4 Å². The fourth-order valence-electron chi connectivity index (χ4n) is 1.72. The van der Waals surface area contributed by atoms with E-state index in [0.717, 1.165) is 5.69 Å². The number of nitrogens with two attached hydrogens (primary N) is 2. The number of guanidine groups is 1. The van der Waals surface area contributed by atoms with Gasteiger partial charge in [-0.25, -0.2) is 0 Å². The molecule has 0 fully saturated rings. The molecule has 4 N–H and O–H groups in total. The van der Waals surface area contributed by atoms with Crippen molar-refractivity contribution in [1.29, 1.82) is 5.26 Å². The van der Waals surface area contributed by atoms with Gasteiger partial charge in [-0.05, 0) is 23.3 Å². The highest BCUT2D eigenvalue weighted by Crippen LogP contribution is 2.20. The largest absolute Gasteiger partial charge is 0.367 e. The highest BCUT2D eigenvalue weighted by molar-refractivity contribution is 5.75. The van der Waals surface area contributed by atoms with Crippen molar-refractivity contribution in [1.82, 2.24) is 4.57 Å². The SMILES string of the molecule is C=[N+](N=C(N)N)c1cccn1-c1cccc(C#N)c1. The Balaban J connectivity index is 2.47. The number of aromatic nitrogens is 1. The van der Waals surface area contributed by atoms with Crippen LogP contribution in [0, 0.1) is 11.3 Å². The predicted molar refractivity (Wildman–Crippen MR) is 73.3 cm³/mol. The van der Waals surface area contributed by atoms with Gasteiger partial charge in [0.05, 0.1) is 24.5 Å². The minimum atomic E-state index is -0.0754. The first-order chi connectivity index (χ1) is 9.11. The molecular weight excluding hydrogens is 240 g/mol. The van der Waals surface area contributed by atoms with Gasteiger partial charge in [0.15, 0.2) is 0 Å². The molecule has 1 heterocycles. The van der Waals surface area contributed by atoms with Crippen LogP contribution < -0.4 is 11.5 Å². The minimum absolute atomic E-state index is 0.0754. The smallest absolute Gasteiger partial charge is 0.311 e. The van der Waals surface area contributed by atoms with E-state index in [1.54, 1.807) is 12.1 Å². The third-order valence-electron chi connectivity index (χ3n) is 2.48. The van der Waals surface area contributed by atoms with Crippen molar-refractivity contribution in [3.05, 3.63) is 48.2 Å². The van der Waals surface area contributed by atoms with E-state index in [2.05, 4.69) is 17.9 Å². The van der Waals surface area contributed by atoms with Gasteiger partial charge in [0.2, 0.25) is 5.96 Å². The highest BCUT2D eigenvalue weighted by Gasteiger charge is 2.14. The average Bonchev–Trinajstić information content (AvgIpc) is 2.87. The normalized spacial score (nSPS) is 9.63. The molecule has 0 aliphatic rings. The third-order valence-corrected chi connectivity index (χ3v) is 2.48. The molecule has 6 heteroatoms. The van der Waals surface area contributed by atoms with E-state index in [4.69, 9.17) is 16.7 Å². The number of hydrogen-bond donors (Lipinski definition) is 2. The van der Waals surface area contributed by atoms with E-state index in [9.17, 15) is 0 Å². The van der Waals surface area contributed by atoms with Crippen LogP contribution in [0.4, 0.5) is 5.82 Å². The quantitative estimate of drug-likeness (QED) is 0.368. The first kappa shape index (κ1) is 12.4. The maximum Gasteiger partial charge on any atom is 0.311 e. The van der Waals surface area contributed by atoms with Gasteiger partial charge in [-0.15, -0.1) is 4.68 Å². The van der Waals surface area contributed by atoms with Crippen molar-refractivity contribution in [2.24, 2.45) is 16.6 Å². The molecule has 0 saturated carbocycles. The molecule has 1 aromatic heterocycles. The zero-order valence-corrected chi connectivity index (χ0v) is 10.2. The van der Waals surface area contributed by atoms with Gasteiger partial charge in [0.25, 0.3) is 0 Å². The predicted octanol–water partition coefficient (Wildman–Crippen LogP) is 0.882. The second-order valence-electron chi connectivity index (χ2n) is 3.82. The molecule has 0 aliphatic heterocycles. The van der Waals surface area contributed by atoms with Crippen molar-refractivity contribution in [2.75, 3.05) is 0 Å². The number of hydrazone groups is 1. The standard InChI is InChI=1S/C13H13N6/c1-18(17-13(15)16)12-6-3-7-19(12)11-5-2-4-10(8-11)9-14/h2-8H,1H2,(H4,15,16,17)/q+1. The summed E-state index contributed by atoms with van der Waals surface area (Å²) in [4.78, 5) is 0. The Hall–Kier alpha value is -3.07. The molecule has 2 rings (SSSR count). The molecule has 6 nitrogen and oxygen atoms in total. The second kappa shape index (κ2) is 5.06. The fourth-order valence-corrected chi connectivity index (χ4v) is 1.72. The van der Waals surface area contributed by atoms with Crippen molar-refractivity contribution in [3.8, 4) is 11.8 Å².